The molecule has 0 atom stereocenters. The molecule has 1 rings (SSSR count). The van der Waals surface area contributed by atoms with E-state index < -0.39 is 0 Å². The van der Waals surface area contributed by atoms with Crippen LogP contribution in [0.5, 0.6) is 0 Å². The lowest BCUT2D eigenvalue weighted by Crippen LogP contribution is -2.07. The summed E-state index contributed by atoms with van der Waals surface area (Å²) in [7, 11) is 0. The van der Waals surface area contributed by atoms with Gasteiger partial charge < -0.3 is 0 Å². The number of Topliss-reactive ketones (excluding diaryl/α,β-unsaturated/α-hetero) is 1. The van der Waals surface area contributed by atoms with Crippen molar-refractivity contribution in [2.45, 2.75) is 6.92 Å². The molecule has 1 heterocycles. The summed E-state index contributed by atoms with van der Waals surface area (Å²) in [5, 5.41) is 0. The van der Waals surface area contributed by atoms with Gasteiger partial charge in [0.15, 0.2) is 5.82 Å². The largest absolute Gasteiger partial charge is 0.290 e. The first kappa shape index (κ1) is 10.7. The van der Waals surface area contributed by atoms with Crippen LogP contribution < -0.4 is 0 Å². The smallest absolute Gasteiger partial charge is 0.209 e. The van der Waals surface area contributed by atoms with E-state index in [0.29, 0.717) is 11.6 Å². The molecule has 3 nitrogen and oxygen atoms in total. The zero-order valence-corrected chi connectivity index (χ0v) is 9.56. The quantitative estimate of drug-likeness (QED) is 0.779. The van der Waals surface area contributed by atoms with Gasteiger partial charge in [-0.2, -0.15) is 11.8 Å². The van der Waals surface area contributed by atoms with Crippen molar-refractivity contribution in [1.29, 1.82) is 0 Å². The SMILES string of the molecule is CCSCC(=O)c1ncc(Br)cn1. The molecule has 0 N–H and O–H groups in total. The summed E-state index contributed by atoms with van der Waals surface area (Å²) >= 11 is 4.78. The van der Waals surface area contributed by atoms with Gasteiger partial charge >= 0.3 is 0 Å². The number of halogens is 1. The average Bonchev–Trinajstić information content (AvgIpc) is 2.15. The zero-order chi connectivity index (χ0) is 9.68. The van der Waals surface area contributed by atoms with Gasteiger partial charge in [-0.15, -0.1) is 0 Å². The fraction of sp³-hybridized carbons (Fsp3) is 0.375. The second-order valence-electron chi connectivity index (χ2n) is 2.29. The summed E-state index contributed by atoms with van der Waals surface area (Å²) in [5.41, 5.74) is 0. The number of thioether (sulfide) groups is 1. The average molecular weight is 261 g/mol. The number of rotatable bonds is 4. The highest BCUT2D eigenvalue weighted by Gasteiger charge is 2.07. The van der Waals surface area contributed by atoms with E-state index >= 15 is 0 Å². The summed E-state index contributed by atoms with van der Waals surface area (Å²) in [6, 6.07) is 0. The monoisotopic (exact) mass is 260 g/mol. The van der Waals surface area contributed by atoms with E-state index in [1.807, 2.05) is 6.92 Å². The second-order valence-corrected chi connectivity index (χ2v) is 4.48. The van der Waals surface area contributed by atoms with Crippen LogP contribution in [-0.2, 0) is 0 Å². The Labute approximate surface area is 89.5 Å². The first-order chi connectivity index (χ1) is 6.24. The summed E-state index contributed by atoms with van der Waals surface area (Å²) in [6.07, 6.45) is 3.16. The first-order valence-corrected chi connectivity index (χ1v) is 5.77. The molecule has 0 spiro atoms. The predicted octanol–water partition coefficient (Wildman–Crippen LogP) is 2.17. The Morgan fingerprint density at radius 3 is 2.69 bits per heavy atom. The molecule has 0 saturated carbocycles. The third-order valence-electron chi connectivity index (χ3n) is 1.31. The number of aromatic nitrogens is 2. The Balaban J connectivity index is 2.61. The van der Waals surface area contributed by atoms with E-state index in [0.717, 1.165) is 10.2 Å². The Morgan fingerprint density at radius 2 is 2.15 bits per heavy atom. The molecule has 0 fully saturated rings. The molecule has 0 radical (unpaired) electrons. The van der Waals surface area contributed by atoms with Gasteiger partial charge in [0.05, 0.1) is 10.2 Å². The van der Waals surface area contributed by atoms with E-state index in [1.54, 1.807) is 24.2 Å². The highest BCUT2D eigenvalue weighted by atomic mass is 79.9. The van der Waals surface area contributed by atoms with E-state index in [1.165, 1.54) is 0 Å². The van der Waals surface area contributed by atoms with Crippen LogP contribution in [0.4, 0.5) is 0 Å². The Bertz CT molecular complexity index is 289. The van der Waals surface area contributed by atoms with E-state index in [4.69, 9.17) is 0 Å². The molecule has 5 heteroatoms. The molecule has 0 saturated heterocycles. The lowest BCUT2D eigenvalue weighted by molar-refractivity contribution is 0.101. The minimum atomic E-state index is -0.0145. The summed E-state index contributed by atoms with van der Waals surface area (Å²) < 4.78 is 0.784. The van der Waals surface area contributed by atoms with Crippen molar-refractivity contribution in [3.63, 3.8) is 0 Å². The van der Waals surface area contributed by atoms with Gasteiger partial charge in [0.25, 0.3) is 0 Å². The van der Waals surface area contributed by atoms with E-state index in [-0.39, 0.29) is 5.78 Å². The van der Waals surface area contributed by atoms with Crippen molar-refractivity contribution in [2.24, 2.45) is 0 Å². The molecular formula is C8H9BrN2OS. The van der Waals surface area contributed by atoms with Crippen molar-refractivity contribution in [3.05, 3.63) is 22.7 Å². The number of carbonyl (C=O) groups is 1. The number of ketones is 1. The third-order valence-corrected chi connectivity index (χ3v) is 2.59. The van der Waals surface area contributed by atoms with Gasteiger partial charge in [-0.05, 0) is 21.7 Å². The van der Waals surface area contributed by atoms with Gasteiger partial charge in [0, 0.05) is 12.4 Å². The number of nitrogens with zero attached hydrogens (tertiary/aromatic N) is 2. The highest BCUT2D eigenvalue weighted by molar-refractivity contribution is 9.10. The zero-order valence-electron chi connectivity index (χ0n) is 7.16. The molecule has 0 aliphatic heterocycles. The lowest BCUT2D eigenvalue weighted by atomic mass is 10.4. The Hall–Kier alpha value is -0.420. The van der Waals surface area contributed by atoms with Crippen molar-refractivity contribution in [2.75, 3.05) is 11.5 Å². The third kappa shape index (κ3) is 3.44. The molecule has 0 bridgehead atoms. The molecule has 1 aromatic rings. The Morgan fingerprint density at radius 1 is 1.54 bits per heavy atom. The minimum absolute atomic E-state index is 0.0145. The van der Waals surface area contributed by atoms with Crippen LogP contribution in [0, 0.1) is 0 Å². The van der Waals surface area contributed by atoms with Crippen LogP contribution in [-0.4, -0.2) is 27.3 Å². The molecule has 0 aromatic carbocycles. The van der Waals surface area contributed by atoms with Crippen LogP contribution in [0.25, 0.3) is 0 Å². The molecule has 1 aromatic heterocycles. The summed E-state index contributed by atoms with van der Waals surface area (Å²) in [4.78, 5) is 19.2. The van der Waals surface area contributed by atoms with Crippen LogP contribution >= 0.6 is 27.7 Å². The molecule has 13 heavy (non-hydrogen) atoms. The van der Waals surface area contributed by atoms with Crippen molar-refractivity contribution in [3.8, 4) is 0 Å². The maximum atomic E-state index is 11.4. The number of carbonyl (C=O) groups excluding carboxylic acids is 1. The van der Waals surface area contributed by atoms with Crippen LogP contribution in [0.3, 0.4) is 0 Å². The molecule has 70 valence electrons. The fourth-order valence-corrected chi connectivity index (χ4v) is 1.44. The highest BCUT2D eigenvalue weighted by Crippen LogP contribution is 2.07. The molecule has 0 unspecified atom stereocenters. The number of hydrogen-bond acceptors (Lipinski definition) is 4. The maximum absolute atomic E-state index is 11.4. The molecular weight excluding hydrogens is 252 g/mol. The maximum Gasteiger partial charge on any atom is 0.209 e. The van der Waals surface area contributed by atoms with Crippen LogP contribution in [0.15, 0.2) is 16.9 Å². The minimum Gasteiger partial charge on any atom is -0.290 e. The first-order valence-electron chi connectivity index (χ1n) is 3.82. The van der Waals surface area contributed by atoms with Gasteiger partial charge in [0.1, 0.15) is 0 Å². The van der Waals surface area contributed by atoms with Gasteiger partial charge in [0.2, 0.25) is 5.78 Å². The summed E-state index contributed by atoms with van der Waals surface area (Å²) in [6.45, 7) is 2.01. The fourth-order valence-electron chi connectivity index (χ4n) is 0.716. The molecule has 0 amide bonds. The standard InChI is InChI=1S/C8H9BrN2OS/c1-2-13-5-7(12)8-10-3-6(9)4-11-8/h3-4H,2,5H2,1H3. The number of hydrogen-bond donors (Lipinski definition) is 0. The lowest BCUT2D eigenvalue weighted by Gasteiger charge is -1.97. The van der Waals surface area contributed by atoms with E-state index in [2.05, 4.69) is 25.9 Å². The van der Waals surface area contributed by atoms with E-state index in [9.17, 15) is 4.79 Å². The van der Waals surface area contributed by atoms with Crippen LogP contribution in [0.2, 0.25) is 0 Å². The van der Waals surface area contributed by atoms with Gasteiger partial charge in [-0.1, -0.05) is 6.92 Å². The van der Waals surface area contributed by atoms with Crippen molar-refractivity contribution < 1.29 is 4.79 Å². The van der Waals surface area contributed by atoms with Gasteiger partial charge in [-0.3, -0.25) is 4.79 Å². The normalized spacial score (nSPS) is 10.0. The molecule has 0 aliphatic rings. The van der Waals surface area contributed by atoms with Gasteiger partial charge in [-0.25, -0.2) is 9.97 Å². The summed E-state index contributed by atoms with van der Waals surface area (Å²) in [5.74, 6) is 1.67. The predicted molar refractivity (Wildman–Crippen MR) is 57.1 cm³/mol. The topological polar surface area (TPSA) is 42.9 Å². The second kappa shape index (κ2) is 5.34. The Kier molecular flexibility index (Phi) is 4.38. The van der Waals surface area contributed by atoms with Crippen LogP contribution in [0.1, 0.15) is 17.5 Å². The molecule has 0 aliphatic carbocycles. The van der Waals surface area contributed by atoms with Crippen molar-refractivity contribution in [1.82, 2.24) is 9.97 Å². The van der Waals surface area contributed by atoms with Crippen molar-refractivity contribution >= 4 is 33.5 Å².